The summed E-state index contributed by atoms with van der Waals surface area (Å²) in [6.07, 6.45) is 5.21. The van der Waals surface area contributed by atoms with Crippen molar-refractivity contribution in [3.8, 4) is 17.2 Å². The van der Waals surface area contributed by atoms with Crippen LogP contribution in [0.5, 0.6) is 17.2 Å². The number of carbonyl (C=O) groups is 2. The Morgan fingerprint density at radius 2 is 1.85 bits per heavy atom. The fourth-order valence-electron chi connectivity index (χ4n) is 3.33. The monoisotopic (exact) mass is 450 g/mol. The summed E-state index contributed by atoms with van der Waals surface area (Å²) in [6.45, 7) is 1.99. The fourth-order valence-corrected chi connectivity index (χ4v) is 3.33. The molecule has 0 aliphatic heterocycles. The van der Waals surface area contributed by atoms with Gasteiger partial charge in [-0.15, -0.1) is 0 Å². The molecule has 1 aliphatic rings. The molecular formula is C24H23FN4O4. The van der Waals surface area contributed by atoms with Crippen molar-refractivity contribution in [3.63, 3.8) is 0 Å². The highest BCUT2D eigenvalue weighted by atomic mass is 19.1. The van der Waals surface area contributed by atoms with E-state index in [2.05, 4.69) is 20.6 Å². The van der Waals surface area contributed by atoms with E-state index in [-0.39, 0.29) is 18.2 Å². The molecule has 8 nitrogen and oxygen atoms in total. The van der Waals surface area contributed by atoms with Crippen molar-refractivity contribution in [2.75, 3.05) is 7.11 Å². The molecule has 0 saturated heterocycles. The third-order valence-corrected chi connectivity index (χ3v) is 5.37. The summed E-state index contributed by atoms with van der Waals surface area (Å²) in [5, 5.41) is 5.63. The second-order valence-corrected chi connectivity index (χ2v) is 7.86. The Balaban J connectivity index is 1.39. The van der Waals surface area contributed by atoms with Crippen molar-refractivity contribution >= 4 is 11.8 Å². The van der Waals surface area contributed by atoms with Crippen molar-refractivity contribution in [1.29, 1.82) is 0 Å². The largest absolute Gasteiger partial charge is 0.496 e. The summed E-state index contributed by atoms with van der Waals surface area (Å²) >= 11 is 0. The number of aryl methyl sites for hydroxylation is 1. The summed E-state index contributed by atoms with van der Waals surface area (Å²) in [6, 6.07) is 9.76. The van der Waals surface area contributed by atoms with Crippen molar-refractivity contribution in [2.24, 2.45) is 0 Å². The molecule has 1 heterocycles. The summed E-state index contributed by atoms with van der Waals surface area (Å²) < 4.78 is 25.1. The number of rotatable bonds is 8. The molecule has 0 spiro atoms. The molecule has 0 radical (unpaired) electrons. The Kier molecular flexibility index (Phi) is 6.21. The number of benzene rings is 2. The van der Waals surface area contributed by atoms with Gasteiger partial charge in [0.05, 0.1) is 12.7 Å². The molecule has 1 aliphatic carbocycles. The van der Waals surface area contributed by atoms with Crippen LogP contribution in [0.25, 0.3) is 0 Å². The van der Waals surface area contributed by atoms with Gasteiger partial charge in [0.2, 0.25) is 5.91 Å². The van der Waals surface area contributed by atoms with Crippen molar-refractivity contribution < 1.29 is 23.5 Å². The molecule has 1 saturated carbocycles. The second kappa shape index (κ2) is 9.23. The second-order valence-electron chi connectivity index (χ2n) is 7.86. The zero-order chi connectivity index (χ0) is 23.4. The third-order valence-electron chi connectivity index (χ3n) is 5.37. The minimum atomic E-state index is -0.938. The van der Waals surface area contributed by atoms with E-state index >= 15 is 0 Å². The van der Waals surface area contributed by atoms with Crippen LogP contribution in [-0.2, 0) is 11.3 Å². The summed E-state index contributed by atoms with van der Waals surface area (Å²) in [4.78, 5) is 32.8. The van der Waals surface area contributed by atoms with Gasteiger partial charge in [-0.05, 0) is 49.6 Å². The molecule has 3 aromatic rings. The number of hydrogen-bond donors (Lipinski definition) is 2. The van der Waals surface area contributed by atoms with Gasteiger partial charge in [-0.1, -0.05) is 6.07 Å². The van der Waals surface area contributed by atoms with E-state index in [9.17, 15) is 14.0 Å². The molecule has 2 amide bonds. The third kappa shape index (κ3) is 5.08. The lowest BCUT2D eigenvalue weighted by atomic mass is 10.1. The van der Waals surface area contributed by atoms with Crippen LogP contribution < -0.4 is 20.1 Å². The van der Waals surface area contributed by atoms with E-state index in [1.165, 1.54) is 31.9 Å². The lowest BCUT2D eigenvalue weighted by Gasteiger charge is -2.18. The first kappa shape index (κ1) is 22.2. The normalized spacial score (nSPS) is 13.7. The Bertz CT molecular complexity index is 1180. The van der Waals surface area contributed by atoms with Crippen LogP contribution in [0.2, 0.25) is 0 Å². The van der Waals surface area contributed by atoms with Crippen molar-refractivity contribution in [2.45, 2.75) is 31.8 Å². The molecular weight excluding hydrogens is 427 g/mol. The summed E-state index contributed by atoms with van der Waals surface area (Å²) in [5.41, 5.74) is 0.858. The molecule has 2 N–H and O–H groups in total. The number of amides is 2. The van der Waals surface area contributed by atoms with E-state index in [0.717, 1.165) is 5.56 Å². The Morgan fingerprint density at radius 1 is 1.09 bits per heavy atom. The molecule has 9 heteroatoms. The average Bonchev–Trinajstić information content (AvgIpc) is 3.61. The van der Waals surface area contributed by atoms with Gasteiger partial charge < -0.3 is 20.1 Å². The maximum absolute atomic E-state index is 14.1. The fraction of sp³-hybridized carbons (Fsp3) is 0.250. The SMILES string of the molecule is COc1cc(Oc2ccc(C)cc2F)ccc1CNC(=O)C1(NC(=O)c2cncnc2)CC1. The number of nitrogens with one attached hydrogen (secondary N) is 2. The molecule has 0 unspecified atom stereocenters. The highest BCUT2D eigenvalue weighted by Crippen LogP contribution is 2.36. The van der Waals surface area contributed by atoms with Crippen LogP contribution in [0.15, 0.2) is 55.1 Å². The topological polar surface area (TPSA) is 102 Å². The standard InChI is InChI=1S/C24H23FN4O4/c1-15-3-6-20(19(25)9-15)33-18-5-4-16(21(10-18)32-2)13-28-23(31)24(7-8-24)29-22(30)17-11-26-14-27-12-17/h3-6,9-12,14H,7-8,13H2,1-2H3,(H,28,31)(H,29,30). The van der Waals surface area contributed by atoms with Crippen LogP contribution in [0, 0.1) is 12.7 Å². The van der Waals surface area contributed by atoms with Crippen LogP contribution in [0.3, 0.4) is 0 Å². The number of methoxy groups -OCH3 is 1. The molecule has 33 heavy (non-hydrogen) atoms. The van der Waals surface area contributed by atoms with Gasteiger partial charge in [-0.3, -0.25) is 9.59 Å². The van der Waals surface area contributed by atoms with Gasteiger partial charge in [0, 0.05) is 30.6 Å². The van der Waals surface area contributed by atoms with Gasteiger partial charge in [0.25, 0.3) is 5.91 Å². The van der Waals surface area contributed by atoms with Gasteiger partial charge in [0.15, 0.2) is 11.6 Å². The van der Waals surface area contributed by atoms with Crippen LogP contribution >= 0.6 is 0 Å². The van der Waals surface area contributed by atoms with E-state index in [4.69, 9.17) is 9.47 Å². The Labute approximate surface area is 190 Å². The first-order valence-corrected chi connectivity index (χ1v) is 10.4. The predicted molar refractivity (Wildman–Crippen MR) is 118 cm³/mol. The van der Waals surface area contributed by atoms with Gasteiger partial charge in [-0.2, -0.15) is 0 Å². The van der Waals surface area contributed by atoms with Gasteiger partial charge in [-0.25, -0.2) is 14.4 Å². The first-order chi connectivity index (χ1) is 15.9. The zero-order valence-electron chi connectivity index (χ0n) is 18.2. The zero-order valence-corrected chi connectivity index (χ0v) is 18.2. The number of ether oxygens (including phenoxy) is 2. The van der Waals surface area contributed by atoms with E-state index in [1.54, 1.807) is 37.3 Å². The summed E-state index contributed by atoms with van der Waals surface area (Å²) in [7, 11) is 1.50. The van der Waals surface area contributed by atoms with Crippen LogP contribution in [-0.4, -0.2) is 34.4 Å². The molecule has 0 bridgehead atoms. The number of halogens is 1. The predicted octanol–water partition coefficient (Wildman–Crippen LogP) is 3.30. The summed E-state index contributed by atoms with van der Waals surface area (Å²) in [5.74, 6) is -0.137. The Hall–Kier alpha value is -4.01. The molecule has 1 fully saturated rings. The number of aromatic nitrogens is 2. The smallest absolute Gasteiger partial charge is 0.255 e. The quantitative estimate of drug-likeness (QED) is 0.546. The average molecular weight is 450 g/mol. The number of hydrogen-bond acceptors (Lipinski definition) is 6. The highest BCUT2D eigenvalue weighted by molar-refractivity contribution is 6.00. The van der Waals surface area contributed by atoms with Crippen molar-refractivity contribution in [3.05, 3.63) is 77.6 Å². The molecule has 1 aromatic heterocycles. The van der Waals surface area contributed by atoms with E-state index in [0.29, 0.717) is 35.5 Å². The molecule has 0 atom stereocenters. The van der Waals surface area contributed by atoms with Crippen LogP contribution in [0.1, 0.15) is 34.3 Å². The van der Waals surface area contributed by atoms with E-state index < -0.39 is 17.3 Å². The first-order valence-electron chi connectivity index (χ1n) is 10.4. The molecule has 2 aromatic carbocycles. The lowest BCUT2D eigenvalue weighted by molar-refractivity contribution is -0.124. The highest BCUT2D eigenvalue weighted by Gasteiger charge is 2.51. The minimum Gasteiger partial charge on any atom is -0.496 e. The maximum Gasteiger partial charge on any atom is 0.255 e. The van der Waals surface area contributed by atoms with Gasteiger partial charge in [0.1, 0.15) is 23.4 Å². The van der Waals surface area contributed by atoms with E-state index in [1.807, 2.05) is 0 Å². The number of carbonyl (C=O) groups excluding carboxylic acids is 2. The van der Waals surface area contributed by atoms with Gasteiger partial charge >= 0.3 is 0 Å². The molecule has 170 valence electrons. The van der Waals surface area contributed by atoms with Crippen LogP contribution in [0.4, 0.5) is 4.39 Å². The van der Waals surface area contributed by atoms with Crippen molar-refractivity contribution in [1.82, 2.24) is 20.6 Å². The molecule has 4 rings (SSSR count). The lowest BCUT2D eigenvalue weighted by Crippen LogP contribution is -2.48. The maximum atomic E-state index is 14.1. The Morgan fingerprint density at radius 3 is 2.52 bits per heavy atom. The minimum absolute atomic E-state index is 0.110. The number of nitrogens with zero attached hydrogens (tertiary/aromatic N) is 2.